The van der Waals surface area contributed by atoms with Gasteiger partial charge in [-0.25, -0.2) is 4.39 Å². The van der Waals surface area contributed by atoms with E-state index >= 15 is 0 Å². The molecule has 2 aliphatic rings. The zero-order valence-corrected chi connectivity index (χ0v) is 12.8. The zero-order valence-electron chi connectivity index (χ0n) is 12.8. The summed E-state index contributed by atoms with van der Waals surface area (Å²) in [5.74, 6) is 0.905. The normalized spacial score (nSPS) is 24.1. The zero-order chi connectivity index (χ0) is 15.8. The monoisotopic (exact) mass is 314 g/mol. The second-order valence-corrected chi connectivity index (χ2v) is 6.57. The molecular formula is C18H19FN2O2. The molecule has 2 unspecified atom stereocenters. The van der Waals surface area contributed by atoms with Gasteiger partial charge in [0.1, 0.15) is 12.1 Å². The summed E-state index contributed by atoms with van der Waals surface area (Å²) >= 11 is 0. The van der Waals surface area contributed by atoms with Crippen molar-refractivity contribution >= 4 is 5.91 Å². The summed E-state index contributed by atoms with van der Waals surface area (Å²) in [5, 5.41) is 0. The van der Waals surface area contributed by atoms with E-state index in [1.165, 1.54) is 18.6 Å². The van der Waals surface area contributed by atoms with Gasteiger partial charge in [-0.05, 0) is 35.6 Å². The second-order valence-electron chi connectivity index (χ2n) is 6.57. The minimum atomic E-state index is -0.182. The minimum absolute atomic E-state index is 0.0600. The maximum atomic E-state index is 13.3. The van der Waals surface area contributed by atoms with Crippen molar-refractivity contribution in [2.24, 2.45) is 11.8 Å². The predicted octanol–water partition coefficient (Wildman–Crippen LogP) is 2.62. The van der Waals surface area contributed by atoms with Gasteiger partial charge in [0.05, 0.1) is 11.8 Å². The number of fused-ring (bicyclic) bond motifs is 1. The van der Waals surface area contributed by atoms with Crippen LogP contribution in [0.4, 0.5) is 4.39 Å². The SMILES string of the molecule is O=C(c1ccoc1)N1CC2CN(Cc3cccc(F)c3)CC2C1. The van der Waals surface area contributed by atoms with Gasteiger partial charge >= 0.3 is 0 Å². The van der Waals surface area contributed by atoms with Gasteiger partial charge in [-0.3, -0.25) is 9.69 Å². The molecule has 1 aromatic carbocycles. The number of benzene rings is 1. The lowest BCUT2D eigenvalue weighted by Crippen LogP contribution is -2.32. The first-order valence-corrected chi connectivity index (χ1v) is 7.97. The fourth-order valence-corrected chi connectivity index (χ4v) is 3.85. The lowest BCUT2D eigenvalue weighted by atomic mass is 10.0. The maximum Gasteiger partial charge on any atom is 0.257 e. The van der Waals surface area contributed by atoms with Crippen LogP contribution >= 0.6 is 0 Å². The number of carbonyl (C=O) groups is 1. The van der Waals surface area contributed by atoms with E-state index in [0.717, 1.165) is 38.3 Å². The van der Waals surface area contributed by atoms with Gasteiger partial charge in [-0.15, -0.1) is 0 Å². The Balaban J connectivity index is 1.36. The topological polar surface area (TPSA) is 36.7 Å². The van der Waals surface area contributed by atoms with Crippen LogP contribution in [0, 0.1) is 17.7 Å². The highest BCUT2D eigenvalue weighted by molar-refractivity contribution is 5.94. The largest absolute Gasteiger partial charge is 0.472 e. The number of likely N-dealkylation sites (tertiary alicyclic amines) is 2. The minimum Gasteiger partial charge on any atom is -0.472 e. The molecule has 2 aromatic rings. The van der Waals surface area contributed by atoms with Crippen LogP contribution in [0.5, 0.6) is 0 Å². The third-order valence-electron chi connectivity index (χ3n) is 4.91. The Labute approximate surface area is 134 Å². The summed E-state index contributed by atoms with van der Waals surface area (Å²) in [6.07, 6.45) is 3.04. The van der Waals surface area contributed by atoms with Crippen molar-refractivity contribution in [2.45, 2.75) is 6.54 Å². The summed E-state index contributed by atoms with van der Waals surface area (Å²) in [7, 11) is 0. The molecule has 0 bridgehead atoms. The van der Waals surface area contributed by atoms with Gasteiger partial charge in [0, 0.05) is 32.7 Å². The summed E-state index contributed by atoms with van der Waals surface area (Å²) in [5.41, 5.74) is 1.64. The molecule has 2 saturated heterocycles. The average molecular weight is 314 g/mol. The van der Waals surface area contributed by atoms with E-state index < -0.39 is 0 Å². The summed E-state index contributed by atoms with van der Waals surface area (Å²) in [6, 6.07) is 8.51. The number of hydrogen-bond donors (Lipinski definition) is 0. The van der Waals surface area contributed by atoms with E-state index in [-0.39, 0.29) is 11.7 Å². The van der Waals surface area contributed by atoms with E-state index in [4.69, 9.17) is 4.42 Å². The predicted molar refractivity (Wildman–Crippen MR) is 83.3 cm³/mol. The average Bonchev–Trinajstić information content (AvgIpc) is 3.22. The molecule has 4 rings (SSSR count). The van der Waals surface area contributed by atoms with Crippen LogP contribution < -0.4 is 0 Å². The lowest BCUT2D eigenvalue weighted by molar-refractivity contribution is 0.0772. The molecule has 0 radical (unpaired) electrons. The highest BCUT2D eigenvalue weighted by Crippen LogP contribution is 2.32. The highest BCUT2D eigenvalue weighted by atomic mass is 19.1. The van der Waals surface area contributed by atoms with E-state index in [1.807, 2.05) is 11.0 Å². The van der Waals surface area contributed by atoms with Gasteiger partial charge in [-0.2, -0.15) is 0 Å². The molecule has 0 N–H and O–H groups in total. The van der Waals surface area contributed by atoms with Crippen LogP contribution in [0.3, 0.4) is 0 Å². The molecular weight excluding hydrogens is 295 g/mol. The Morgan fingerprint density at radius 2 is 1.96 bits per heavy atom. The summed E-state index contributed by atoms with van der Waals surface area (Å²) < 4.78 is 18.3. The Hall–Kier alpha value is -2.14. The van der Waals surface area contributed by atoms with Gasteiger partial charge in [0.15, 0.2) is 0 Å². The van der Waals surface area contributed by atoms with E-state index in [9.17, 15) is 9.18 Å². The summed E-state index contributed by atoms with van der Waals surface area (Å²) in [6.45, 7) is 4.32. The summed E-state index contributed by atoms with van der Waals surface area (Å²) in [4.78, 5) is 16.7. The van der Waals surface area contributed by atoms with Crippen molar-refractivity contribution in [2.75, 3.05) is 26.2 Å². The highest BCUT2D eigenvalue weighted by Gasteiger charge is 2.41. The Bertz CT molecular complexity index is 687. The smallest absolute Gasteiger partial charge is 0.257 e. The number of halogens is 1. The first-order valence-electron chi connectivity index (χ1n) is 7.97. The second kappa shape index (κ2) is 5.81. The first-order chi connectivity index (χ1) is 11.2. The lowest BCUT2D eigenvalue weighted by Gasteiger charge is -2.21. The van der Waals surface area contributed by atoms with Gasteiger partial charge < -0.3 is 9.32 Å². The molecule has 5 heteroatoms. The first kappa shape index (κ1) is 14.5. The van der Waals surface area contributed by atoms with Crippen LogP contribution in [0.15, 0.2) is 47.3 Å². The van der Waals surface area contributed by atoms with Crippen LogP contribution in [0.1, 0.15) is 15.9 Å². The Morgan fingerprint density at radius 1 is 1.17 bits per heavy atom. The van der Waals surface area contributed by atoms with Crippen molar-refractivity contribution in [1.82, 2.24) is 9.80 Å². The molecule has 3 heterocycles. The van der Waals surface area contributed by atoms with Gasteiger partial charge in [-0.1, -0.05) is 12.1 Å². The third-order valence-corrected chi connectivity index (χ3v) is 4.91. The van der Waals surface area contributed by atoms with Crippen LogP contribution in [0.2, 0.25) is 0 Å². The van der Waals surface area contributed by atoms with Gasteiger partial charge in [0.25, 0.3) is 5.91 Å². The number of hydrogen-bond acceptors (Lipinski definition) is 3. The van der Waals surface area contributed by atoms with Crippen molar-refractivity contribution in [3.8, 4) is 0 Å². The van der Waals surface area contributed by atoms with Crippen LogP contribution in [-0.4, -0.2) is 41.9 Å². The molecule has 2 aliphatic heterocycles. The molecule has 2 atom stereocenters. The molecule has 0 spiro atoms. The van der Waals surface area contributed by atoms with Crippen molar-refractivity contribution in [3.05, 3.63) is 59.8 Å². The number of amides is 1. The molecule has 4 nitrogen and oxygen atoms in total. The van der Waals surface area contributed by atoms with Crippen molar-refractivity contribution in [3.63, 3.8) is 0 Å². The molecule has 120 valence electrons. The van der Waals surface area contributed by atoms with E-state index in [2.05, 4.69) is 4.90 Å². The third kappa shape index (κ3) is 2.88. The standard InChI is InChI=1S/C18H19FN2O2/c19-17-3-1-2-13(6-17)7-20-8-15-10-21(11-16(15)9-20)18(22)14-4-5-23-12-14/h1-6,12,15-16H,7-11H2. The molecule has 1 amide bonds. The van der Waals surface area contributed by atoms with E-state index in [1.54, 1.807) is 18.2 Å². The fraction of sp³-hybridized carbons (Fsp3) is 0.389. The van der Waals surface area contributed by atoms with E-state index in [0.29, 0.717) is 17.4 Å². The van der Waals surface area contributed by atoms with Crippen LogP contribution in [0.25, 0.3) is 0 Å². The molecule has 1 aromatic heterocycles. The number of rotatable bonds is 3. The quantitative estimate of drug-likeness (QED) is 0.874. The van der Waals surface area contributed by atoms with Crippen molar-refractivity contribution in [1.29, 1.82) is 0 Å². The van der Waals surface area contributed by atoms with Gasteiger partial charge in [0.2, 0.25) is 0 Å². The number of nitrogens with zero attached hydrogens (tertiary/aromatic N) is 2. The van der Waals surface area contributed by atoms with Crippen LogP contribution in [-0.2, 0) is 6.54 Å². The fourth-order valence-electron chi connectivity index (χ4n) is 3.85. The van der Waals surface area contributed by atoms with Crippen molar-refractivity contribution < 1.29 is 13.6 Å². The molecule has 2 fully saturated rings. The Kier molecular flexibility index (Phi) is 3.65. The maximum absolute atomic E-state index is 13.3. The molecule has 0 saturated carbocycles. The number of furan rings is 1. The number of carbonyl (C=O) groups excluding carboxylic acids is 1. The molecule has 0 aliphatic carbocycles. The molecule has 23 heavy (non-hydrogen) atoms. The Morgan fingerprint density at radius 3 is 2.61 bits per heavy atom.